The molecule has 22 heavy (non-hydrogen) atoms. The summed E-state index contributed by atoms with van der Waals surface area (Å²) in [6.45, 7) is 3.57. The van der Waals surface area contributed by atoms with E-state index in [0.29, 0.717) is 44.1 Å². The molecule has 0 radical (unpaired) electrons. The maximum atomic E-state index is 13.9. The van der Waals surface area contributed by atoms with Crippen LogP contribution in [0.3, 0.4) is 0 Å². The lowest BCUT2D eigenvalue weighted by atomic mass is 10.1. The summed E-state index contributed by atoms with van der Waals surface area (Å²) >= 11 is 0. The van der Waals surface area contributed by atoms with E-state index in [1.807, 2.05) is 6.92 Å². The molecular weight excluding hydrogens is 300 g/mol. The van der Waals surface area contributed by atoms with Gasteiger partial charge in [-0.15, -0.1) is 0 Å². The summed E-state index contributed by atoms with van der Waals surface area (Å²) in [7, 11) is 0. The van der Waals surface area contributed by atoms with Gasteiger partial charge >= 0.3 is 6.18 Å². The zero-order valence-electron chi connectivity index (χ0n) is 12.2. The van der Waals surface area contributed by atoms with Crippen LogP contribution in [0, 0.1) is 5.82 Å². The van der Waals surface area contributed by atoms with Crippen LogP contribution in [-0.4, -0.2) is 36.5 Å². The first kappa shape index (κ1) is 16.7. The van der Waals surface area contributed by atoms with Crippen molar-refractivity contribution in [3.05, 3.63) is 35.1 Å². The SMILES string of the molecule is CCCN(C(=O)c1cc(C(F)(F)F)ccc1F)C1CCNC1. The summed E-state index contributed by atoms with van der Waals surface area (Å²) in [5, 5.41) is 3.10. The van der Waals surface area contributed by atoms with Crippen molar-refractivity contribution in [2.45, 2.75) is 32.0 Å². The molecule has 7 heteroatoms. The van der Waals surface area contributed by atoms with Gasteiger partial charge in [0.2, 0.25) is 0 Å². The van der Waals surface area contributed by atoms with Gasteiger partial charge in [-0.1, -0.05) is 6.92 Å². The van der Waals surface area contributed by atoms with Gasteiger partial charge in [-0.2, -0.15) is 13.2 Å². The van der Waals surface area contributed by atoms with E-state index in [9.17, 15) is 22.4 Å². The molecule has 1 N–H and O–H groups in total. The first-order valence-electron chi connectivity index (χ1n) is 7.23. The lowest BCUT2D eigenvalue weighted by Crippen LogP contribution is -2.42. The Kier molecular flexibility index (Phi) is 5.05. The van der Waals surface area contributed by atoms with Crippen LogP contribution < -0.4 is 5.32 Å². The molecule has 1 aliphatic rings. The van der Waals surface area contributed by atoms with E-state index in [0.717, 1.165) is 6.54 Å². The standard InChI is InChI=1S/C15H18F4N2O/c1-2-7-21(11-5-6-20-9-11)14(22)12-8-10(15(17,18)19)3-4-13(12)16/h3-4,8,11,20H,2,5-7,9H2,1H3. The molecule has 3 nitrogen and oxygen atoms in total. The molecule has 1 saturated heterocycles. The van der Waals surface area contributed by atoms with Crippen LogP contribution in [0.5, 0.6) is 0 Å². The van der Waals surface area contributed by atoms with Crippen molar-refractivity contribution in [2.75, 3.05) is 19.6 Å². The predicted octanol–water partition coefficient (Wildman–Crippen LogP) is 3.06. The van der Waals surface area contributed by atoms with Crippen LogP contribution in [0.25, 0.3) is 0 Å². The molecule has 1 fully saturated rings. The largest absolute Gasteiger partial charge is 0.416 e. The minimum Gasteiger partial charge on any atom is -0.334 e. The predicted molar refractivity (Wildman–Crippen MR) is 74.0 cm³/mol. The molecule has 0 aromatic heterocycles. The number of nitrogens with one attached hydrogen (secondary N) is 1. The van der Waals surface area contributed by atoms with Crippen LogP contribution in [0.2, 0.25) is 0 Å². The number of amides is 1. The van der Waals surface area contributed by atoms with Gasteiger partial charge < -0.3 is 10.2 Å². The third-order valence-corrected chi connectivity index (χ3v) is 3.72. The molecule has 1 unspecified atom stereocenters. The van der Waals surface area contributed by atoms with Crippen molar-refractivity contribution in [3.8, 4) is 0 Å². The maximum Gasteiger partial charge on any atom is 0.416 e. The molecule has 0 saturated carbocycles. The van der Waals surface area contributed by atoms with Crippen LogP contribution in [0.15, 0.2) is 18.2 Å². The Morgan fingerprint density at radius 1 is 1.41 bits per heavy atom. The molecular formula is C15H18F4N2O. The summed E-state index contributed by atoms with van der Waals surface area (Å²) in [4.78, 5) is 14.0. The van der Waals surface area contributed by atoms with E-state index in [1.165, 1.54) is 4.90 Å². The fourth-order valence-corrected chi connectivity index (χ4v) is 2.62. The Balaban J connectivity index is 2.33. The molecule has 0 bridgehead atoms. The van der Waals surface area contributed by atoms with Crippen LogP contribution >= 0.6 is 0 Å². The van der Waals surface area contributed by atoms with Crippen molar-refractivity contribution >= 4 is 5.91 Å². The highest BCUT2D eigenvalue weighted by Gasteiger charge is 2.34. The van der Waals surface area contributed by atoms with Gasteiger partial charge in [-0.05, 0) is 37.6 Å². The van der Waals surface area contributed by atoms with E-state index < -0.39 is 29.0 Å². The highest BCUT2D eigenvalue weighted by molar-refractivity contribution is 5.95. The van der Waals surface area contributed by atoms with Crippen LogP contribution in [0.4, 0.5) is 17.6 Å². The van der Waals surface area contributed by atoms with E-state index in [2.05, 4.69) is 5.32 Å². The lowest BCUT2D eigenvalue weighted by molar-refractivity contribution is -0.137. The van der Waals surface area contributed by atoms with E-state index >= 15 is 0 Å². The second-order valence-electron chi connectivity index (χ2n) is 5.34. The Morgan fingerprint density at radius 2 is 2.14 bits per heavy atom. The zero-order chi connectivity index (χ0) is 16.3. The van der Waals surface area contributed by atoms with Gasteiger partial charge in [0.15, 0.2) is 0 Å². The van der Waals surface area contributed by atoms with Gasteiger partial charge in [0.25, 0.3) is 5.91 Å². The van der Waals surface area contributed by atoms with Crippen molar-refractivity contribution in [1.82, 2.24) is 10.2 Å². The minimum atomic E-state index is -4.60. The highest BCUT2D eigenvalue weighted by atomic mass is 19.4. The smallest absolute Gasteiger partial charge is 0.334 e. The average molecular weight is 318 g/mol. The number of halogens is 4. The van der Waals surface area contributed by atoms with Crippen molar-refractivity contribution in [1.29, 1.82) is 0 Å². The van der Waals surface area contributed by atoms with Gasteiger partial charge in [0.05, 0.1) is 11.1 Å². The topological polar surface area (TPSA) is 32.3 Å². The lowest BCUT2D eigenvalue weighted by Gasteiger charge is -2.28. The average Bonchev–Trinajstić information content (AvgIpc) is 2.97. The molecule has 1 aromatic rings. The summed E-state index contributed by atoms with van der Waals surface area (Å²) < 4.78 is 52.1. The van der Waals surface area contributed by atoms with E-state index in [4.69, 9.17) is 0 Å². The van der Waals surface area contributed by atoms with E-state index in [-0.39, 0.29) is 6.04 Å². The summed E-state index contributed by atoms with van der Waals surface area (Å²) in [5.74, 6) is -1.61. The minimum absolute atomic E-state index is 0.110. The maximum absolute atomic E-state index is 13.9. The molecule has 122 valence electrons. The normalized spacial score (nSPS) is 18.5. The highest BCUT2D eigenvalue weighted by Crippen LogP contribution is 2.31. The Hall–Kier alpha value is -1.63. The Bertz CT molecular complexity index is 539. The Labute approximate surface area is 126 Å². The third kappa shape index (κ3) is 3.58. The van der Waals surface area contributed by atoms with Gasteiger partial charge in [-0.25, -0.2) is 4.39 Å². The second kappa shape index (κ2) is 6.64. The summed E-state index contributed by atoms with van der Waals surface area (Å²) in [5.41, 5.74) is -1.53. The summed E-state index contributed by atoms with van der Waals surface area (Å²) in [6, 6.07) is 1.84. The third-order valence-electron chi connectivity index (χ3n) is 3.72. The van der Waals surface area contributed by atoms with Gasteiger partial charge in [0, 0.05) is 19.1 Å². The first-order valence-corrected chi connectivity index (χ1v) is 7.23. The van der Waals surface area contributed by atoms with Crippen LogP contribution in [0.1, 0.15) is 35.7 Å². The van der Waals surface area contributed by atoms with Gasteiger partial charge in [-0.3, -0.25) is 4.79 Å². The fraction of sp³-hybridized carbons (Fsp3) is 0.533. The molecule has 1 atom stereocenters. The molecule has 1 aliphatic heterocycles. The number of benzene rings is 1. The van der Waals surface area contributed by atoms with Crippen molar-refractivity contribution < 1.29 is 22.4 Å². The number of carbonyl (C=O) groups excluding carboxylic acids is 1. The molecule has 1 aromatic carbocycles. The molecule has 0 aliphatic carbocycles. The zero-order valence-corrected chi connectivity index (χ0v) is 12.2. The number of alkyl halides is 3. The van der Waals surface area contributed by atoms with E-state index in [1.54, 1.807) is 0 Å². The van der Waals surface area contributed by atoms with Crippen molar-refractivity contribution in [2.24, 2.45) is 0 Å². The monoisotopic (exact) mass is 318 g/mol. The van der Waals surface area contributed by atoms with Gasteiger partial charge in [0.1, 0.15) is 5.82 Å². The number of hydrogen-bond donors (Lipinski definition) is 1. The molecule has 0 spiro atoms. The number of carbonyl (C=O) groups is 1. The number of rotatable bonds is 4. The second-order valence-corrected chi connectivity index (χ2v) is 5.34. The molecule has 1 amide bonds. The van der Waals surface area contributed by atoms with Crippen molar-refractivity contribution in [3.63, 3.8) is 0 Å². The quantitative estimate of drug-likeness (QED) is 0.866. The molecule has 1 heterocycles. The number of nitrogens with zero attached hydrogens (tertiary/aromatic N) is 1. The van der Waals surface area contributed by atoms with Crippen LogP contribution in [-0.2, 0) is 6.18 Å². The molecule has 2 rings (SSSR count). The first-order chi connectivity index (χ1) is 10.3. The Morgan fingerprint density at radius 3 is 2.68 bits per heavy atom. The summed E-state index contributed by atoms with van der Waals surface area (Å²) in [6.07, 6.45) is -3.23. The number of hydrogen-bond acceptors (Lipinski definition) is 2. The fourth-order valence-electron chi connectivity index (χ4n) is 2.62.